The van der Waals surface area contributed by atoms with Crippen molar-refractivity contribution in [2.45, 2.75) is 38.0 Å². The molecule has 0 bridgehead atoms. The van der Waals surface area contributed by atoms with Gasteiger partial charge in [0.2, 0.25) is 11.8 Å². The Hall–Kier alpha value is -1.50. The van der Waals surface area contributed by atoms with Crippen molar-refractivity contribution in [3.05, 3.63) is 0 Å². The van der Waals surface area contributed by atoms with E-state index in [0.717, 1.165) is 0 Å². The number of hydrogen-bond acceptors (Lipinski definition) is 8. The summed E-state index contributed by atoms with van der Waals surface area (Å²) in [7, 11) is 2.41. The van der Waals surface area contributed by atoms with E-state index in [4.69, 9.17) is 21.7 Å². The molecular formula is C12H22N4O6S2. The molecule has 2 amide bonds. The molecule has 0 aliphatic rings. The second kappa shape index (κ2) is 11.1. The van der Waals surface area contributed by atoms with Crippen LogP contribution in [0.5, 0.6) is 0 Å². The first-order valence-corrected chi connectivity index (χ1v) is 9.37. The molecular weight excluding hydrogens is 360 g/mol. The molecule has 10 nitrogen and oxygen atoms in total. The highest BCUT2D eigenvalue weighted by Crippen LogP contribution is 2.22. The molecule has 24 heavy (non-hydrogen) atoms. The molecule has 0 aromatic carbocycles. The molecule has 0 aromatic rings. The summed E-state index contributed by atoms with van der Waals surface area (Å²) in [5.41, 5.74) is 11.3. The van der Waals surface area contributed by atoms with Gasteiger partial charge in [0, 0.05) is 11.5 Å². The predicted octanol–water partition coefficient (Wildman–Crippen LogP) is -1.80. The number of aliphatic carboxylic acids is 2. The standard InChI is InChI=1S/C12H22N4O6S2/c1-5(11(19)20)15-9(17)7(13)3-23-24-4-8(14)10(18)16-6(2)12(21)22/h5-8H,3-4,13-14H2,1-2H3,(H,15,17)(H,16,18)(H,19,20)(H,21,22)/t5-,6-,7-,8-/m0/s1. The zero-order valence-electron chi connectivity index (χ0n) is 13.2. The molecule has 0 radical (unpaired) electrons. The topological polar surface area (TPSA) is 185 Å². The zero-order chi connectivity index (χ0) is 18.9. The van der Waals surface area contributed by atoms with Gasteiger partial charge in [-0.2, -0.15) is 0 Å². The van der Waals surface area contributed by atoms with Crippen molar-refractivity contribution in [1.82, 2.24) is 10.6 Å². The maximum atomic E-state index is 11.6. The van der Waals surface area contributed by atoms with Crippen LogP contribution in [0.3, 0.4) is 0 Å². The van der Waals surface area contributed by atoms with E-state index in [1.165, 1.54) is 35.4 Å². The number of nitrogens with two attached hydrogens (primary N) is 2. The third-order valence-corrected chi connectivity index (χ3v) is 5.18. The fourth-order valence-electron chi connectivity index (χ4n) is 1.16. The lowest BCUT2D eigenvalue weighted by molar-refractivity contribution is -0.141. The first-order valence-electron chi connectivity index (χ1n) is 6.88. The van der Waals surface area contributed by atoms with E-state index in [9.17, 15) is 19.2 Å². The van der Waals surface area contributed by atoms with Crippen LogP contribution in [0.15, 0.2) is 0 Å². The van der Waals surface area contributed by atoms with Crippen molar-refractivity contribution < 1.29 is 29.4 Å². The molecule has 0 aliphatic heterocycles. The molecule has 0 saturated carbocycles. The fourth-order valence-corrected chi connectivity index (χ4v) is 3.40. The van der Waals surface area contributed by atoms with E-state index < -0.39 is 47.9 Å². The Labute approximate surface area is 146 Å². The summed E-state index contributed by atoms with van der Waals surface area (Å²) in [4.78, 5) is 44.5. The van der Waals surface area contributed by atoms with Crippen LogP contribution in [0.25, 0.3) is 0 Å². The summed E-state index contributed by atoms with van der Waals surface area (Å²) < 4.78 is 0. The van der Waals surface area contributed by atoms with Crippen LogP contribution in [-0.2, 0) is 19.2 Å². The lowest BCUT2D eigenvalue weighted by Gasteiger charge is -2.16. The van der Waals surface area contributed by atoms with E-state index >= 15 is 0 Å². The van der Waals surface area contributed by atoms with Crippen molar-refractivity contribution in [2.75, 3.05) is 11.5 Å². The Morgan fingerprint density at radius 1 is 0.833 bits per heavy atom. The molecule has 0 heterocycles. The molecule has 8 N–H and O–H groups in total. The molecule has 0 aliphatic carbocycles. The first-order chi connectivity index (χ1) is 11.1. The molecule has 4 atom stereocenters. The maximum Gasteiger partial charge on any atom is 0.325 e. The third-order valence-electron chi connectivity index (χ3n) is 2.71. The van der Waals surface area contributed by atoms with Crippen molar-refractivity contribution in [3.8, 4) is 0 Å². The monoisotopic (exact) mass is 382 g/mol. The van der Waals surface area contributed by atoms with Crippen molar-refractivity contribution in [3.63, 3.8) is 0 Å². The Bertz CT molecular complexity index is 436. The highest BCUT2D eigenvalue weighted by atomic mass is 33.1. The van der Waals surface area contributed by atoms with Gasteiger partial charge in [-0.15, -0.1) is 0 Å². The van der Waals surface area contributed by atoms with Crippen LogP contribution in [0.4, 0.5) is 0 Å². The molecule has 0 saturated heterocycles. The highest BCUT2D eigenvalue weighted by molar-refractivity contribution is 8.76. The second-order valence-corrected chi connectivity index (χ2v) is 7.47. The van der Waals surface area contributed by atoms with Crippen LogP contribution < -0.4 is 22.1 Å². The summed E-state index contributed by atoms with van der Waals surface area (Å²) in [5.74, 6) is -3.10. The third kappa shape index (κ3) is 8.96. The largest absolute Gasteiger partial charge is 0.480 e. The zero-order valence-corrected chi connectivity index (χ0v) is 14.9. The number of carboxylic acid groups (broad SMARTS) is 2. The molecule has 0 spiro atoms. The number of carbonyl (C=O) groups is 4. The van der Waals surface area contributed by atoms with E-state index in [1.807, 2.05) is 0 Å². The lowest BCUT2D eigenvalue weighted by Crippen LogP contribution is -2.48. The van der Waals surface area contributed by atoms with Gasteiger partial charge in [0.05, 0.1) is 12.1 Å². The predicted molar refractivity (Wildman–Crippen MR) is 91.3 cm³/mol. The minimum atomic E-state index is -1.16. The number of rotatable bonds is 11. The summed E-state index contributed by atoms with van der Waals surface area (Å²) >= 11 is 0. The quantitative estimate of drug-likeness (QED) is 0.176. The number of nitrogens with one attached hydrogen (secondary N) is 2. The molecule has 0 rings (SSSR count). The van der Waals surface area contributed by atoms with Gasteiger partial charge in [-0.05, 0) is 13.8 Å². The summed E-state index contributed by atoms with van der Waals surface area (Å²) in [6.07, 6.45) is 0. The van der Waals surface area contributed by atoms with Crippen LogP contribution >= 0.6 is 21.6 Å². The summed E-state index contributed by atoms with van der Waals surface area (Å²) in [6.45, 7) is 2.65. The van der Waals surface area contributed by atoms with Crippen molar-refractivity contribution >= 4 is 45.3 Å². The van der Waals surface area contributed by atoms with E-state index in [1.54, 1.807) is 0 Å². The van der Waals surface area contributed by atoms with E-state index in [0.29, 0.717) is 0 Å². The minimum Gasteiger partial charge on any atom is -0.480 e. The smallest absolute Gasteiger partial charge is 0.325 e. The minimum absolute atomic E-state index is 0.197. The van der Waals surface area contributed by atoms with Gasteiger partial charge in [-0.1, -0.05) is 21.6 Å². The van der Waals surface area contributed by atoms with Gasteiger partial charge in [0.15, 0.2) is 0 Å². The molecule has 12 heteroatoms. The average Bonchev–Trinajstić information content (AvgIpc) is 2.50. The number of carboxylic acids is 2. The van der Waals surface area contributed by atoms with Crippen molar-refractivity contribution in [2.24, 2.45) is 11.5 Å². The van der Waals surface area contributed by atoms with Crippen LogP contribution in [0.1, 0.15) is 13.8 Å². The number of hydrogen-bond donors (Lipinski definition) is 6. The number of amides is 2. The lowest BCUT2D eigenvalue weighted by atomic mass is 10.3. The van der Waals surface area contributed by atoms with Gasteiger partial charge in [0.25, 0.3) is 0 Å². The summed E-state index contributed by atoms with van der Waals surface area (Å²) in [6, 6.07) is -3.87. The van der Waals surface area contributed by atoms with E-state index in [2.05, 4.69) is 10.6 Å². The Balaban J connectivity index is 4.03. The van der Waals surface area contributed by atoms with Crippen LogP contribution in [0.2, 0.25) is 0 Å². The van der Waals surface area contributed by atoms with Gasteiger partial charge in [0.1, 0.15) is 12.1 Å². The van der Waals surface area contributed by atoms with Gasteiger partial charge < -0.3 is 32.3 Å². The summed E-state index contributed by atoms with van der Waals surface area (Å²) in [5, 5.41) is 21.9. The van der Waals surface area contributed by atoms with Gasteiger partial charge in [-0.25, -0.2) is 0 Å². The molecule has 138 valence electrons. The molecule has 0 unspecified atom stereocenters. The normalized spacial score (nSPS) is 15.7. The maximum absolute atomic E-state index is 11.6. The SMILES string of the molecule is C[C@H](NC(=O)[C@@H](N)CSSC[C@H](N)C(=O)N[C@@H](C)C(=O)O)C(=O)O. The van der Waals surface area contributed by atoms with Crippen molar-refractivity contribution in [1.29, 1.82) is 0 Å². The highest BCUT2D eigenvalue weighted by Gasteiger charge is 2.21. The molecule has 0 fully saturated rings. The molecule has 0 aromatic heterocycles. The van der Waals surface area contributed by atoms with E-state index in [-0.39, 0.29) is 11.5 Å². The first kappa shape index (κ1) is 22.5. The van der Waals surface area contributed by atoms with Gasteiger partial charge >= 0.3 is 11.9 Å². The number of carbonyl (C=O) groups excluding carboxylic acids is 2. The fraction of sp³-hybridized carbons (Fsp3) is 0.667. The second-order valence-electron chi connectivity index (χ2n) is 4.92. The van der Waals surface area contributed by atoms with Gasteiger partial charge in [-0.3, -0.25) is 19.2 Å². The van der Waals surface area contributed by atoms with Crippen LogP contribution in [0, 0.1) is 0 Å². The Morgan fingerprint density at radius 3 is 1.38 bits per heavy atom. The van der Waals surface area contributed by atoms with Crippen LogP contribution in [-0.4, -0.2) is 69.6 Å². The Morgan fingerprint density at radius 2 is 1.12 bits per heavy atom. The Kier molecular flexibility index (Phi) is 10.4. The average molecular weight is 382 g/mol.